The molecule has 5 atom stereocenters. The number of hydrogen-bond acceptors (Lipinski definition) is 13. The zero-order chi connectivity index (χ0) is 38.1. The van der Waals surface area contributed by atoms with Crippen molar-refractivity contribution in [1.29, 1.82) is 0 Å². The predicted molar refractivity (Wildman–Crippen MR) is 186 cm³/mol. The quantitative estimate of drug-likeness (QED) is 0.0806. The lowest BCUT2D eigenvalue weighted by Crippen LogP contribution is -2.45. The molecule has 15 nitrogen and oxygen atoms in total. The topological polar surface area (TPSA) is 175 Å². The highest BCUT2D eigenvalue weighted by atomic mass is 31.2. The molecule has 2 aliphatic rings. The van der Waals surface area contributed by atoms with E-state index >= 15 is 8.78 Å². The Morgan fingerprint density at radius 2 is 1.57 bits per heavy atom. The van der Waals surface area contributed by atoms with Crippen molar-refractivity contribution in [2.75, 3.05) is 18.5 Å². The molecule has 0 bridgehead atoms. The van der Waals surface area contributed by atoms with Crippen molar-refractivity contribution in [3.05, 3.63) is 137 Å². The molecule has 0 unspecified atom stereocenters. The van der Waals surface area contributed by atoms with Gasteiger partial charge in [-0.1, -0.05) is 78.9 Å². The van der Waals surface area contributed by atoms with Crippen LogP contribution in [0.3, 0.4) is 0 Å². The second-order valence-corrected chi connectivity index (χ2v) is 13.6. The zero-order valence-electron chi connectivity index (χ0n) is 28.5. The van der Waals surface area contributed by atoms with Gasteiger partial charge < -0.3 is 33.5 Å². The lowest BCUT2D eigenvalue weighted by atomic mass is 10.1. The maximum Gasteiger partial charge on any atom is 0.509 e. The Kier molecular flexibility index (Phi) is 12.0. The number of carbonyl (C=O) groups excluding carboxylic acids is 2. The third kappa shape index (κ3) is 9.68. The summed E-state index contributed by atoms with van der Waals surface area (Å²) in [6.07, 6.45) is -7.06. The third-order valence-corrected chi connectivity index (χ3v) is 9.57. The van der Waals surface area contributed by atoms with Gasteiger partial charge in [0.15, 0.2) is 5.88 Å². The van der Waals surface area contributed by atoms with Crippen LogP contribution < -0.4 is 20.6 Å². The van der Waals surface area contributed by atoms with Crippen LogP contribution in [0.1, 0.15) is 23.8 Å². The SMILES string of the molecule is C=C(Nc1ccn([C@@H]2O[C@H](CO[P@@](=O)(N[C@H]3CCOC3=O)Oc3ccccc3)[C@@H](OC(=O)OCc3ccccc3)C2(F)F)c(=O)n1)OCc1ccccc1. The standard InChI is InChI=1S/C36H35F2N4O11P/c1-24(48-21-25-11-5-2-6-12-25)39-30-17-19-42(34(44)40-30)33-36(37,38)31(52-35(45)49-22-26-13-7-3-8-14-26)29(51-33)23-50-54(46,41-28-18-20-47-32(28)43)53-27-15-9-4-10-16-27/h2-17,19,28-29,31,33H,1,18,20-23H2,(H,41,46)(H,39,40,44)/t28-,29+,31+,33+,54-/m0/s1. The van der Waals surface area contributed by atoms with Crippen molar-refractivity contribution < 1.29 is 55.7 Å². The summed E-state index contributed by atoms with van der Waals surface area (Å²) >= 11 is 0. The Morgan fingerprint density at radius 1 is 0.944 bits per heavy atom. The molecule has 2 fully saturated rings. The molecule has 0 aliphatic carbocycles. The van der Waals surface area contributed by atoms with Crippen LogP contribution in [0.15, 0.2) is 121 Å². The number of ether oxygens (including phenoxy) is 5. The first-order valence-electron chi connectivity index (χ1n) is 16.6. The van der Waals surface area contributed by atoms with Gasteiger partial charge in [-0.2, -0.15) is 18.9 Å². The summed E-state index contributed by atoms with van der Waals surface area (Å²) in [5.41, 5.74) is 0.229. The second-order valence-electron chi connectivity index (χ2n) is 11.9. The monoisotopic (exact) mass is 768 g/mol. The Labute approximate surface area is 307 Å². The second kappa shape index (κ2) is 17.0. The number of nitrogens with zero attached hydrogens (tertiary/aromatic N) is 2. The Bertz CT molecular complexity index is 2030. The van der Waals surface area contributed by atoms with Crippen LogP contribution in [0.25, 0.3) is 0 Å². The van der Waals surface area contributed by atoms with E-state index in [0.29, 0.717) is 10.1 Å². The molecule has 2 aliphatic heterocycles. The minimum Gasteiger partial charge on any atom is -0.475 e. The van der Waals surface area contributed by atoms with E-state index in [4.69, 9.17) is 32.7 Å². The number of nitrogens with one attached hydrogen (secondary N) is 2. The molecular formula is C36H35F2N4O11P. The highest BCUT2D eigenvalue weighted by Crippen LogP contribution is 2.49. The van der Waals surface area contributed by atoms with Crippen molar-refractivity contribution in [3.63, 3.8) is 0 Å². The summed E-state index contributed by atoms with van der Waals surface area (Å²) < 4.78 is 84.6. The maximum absolute atomic E-state index is 16.3. The Balaban J connectivity index is 1.21. The van der Waals surface area contributed by atoms with Gasteiger partial charge in [-0.25, -0.2) is 14.2 Å². The number of rotatable bonds is 16. The molecule has 4 aromatic rings. The number of para-hydroxylation sites is 1. The fourth-order valence-electron chi connectivity index (χ4n) is 5.37. The van der Waals surface area contributed by atoms with Gasteiger partial charge in [0, 0.05) is 12.6 Å². The van der Waals surface area contributed by atoms with Crippen molar-refractivity contribution in [1.82, 2.24) is 14.6 Å². The highest BCUT2D eigenvalue weighted by Gasteiger charge is 2.63. The minimum atomic E-state index is -4.54. The van der Waals surface area contributed by atoms with E-state index in [1.807, 2.05) is 30.3 Å². The summed E-state index contributed by atoms with van der Waals surface area (Å²) in [5.74, 6) is -4.81. The summed E-state index contributed by atoms with van der Waals surface area (Å²) in [6, 6.07) is 25.5. The van der Waals surface area contributed by atoms with Gasteiger partial charge in [-0.3, -0.25) is 13.9 Å². The van der Waals surface area contributed by atoms with Gasteiger partial charge in [0.1, 0.15) is 36.9 Å². The van der Waals surface area contributed by atoms with Crippen LogP contribution >= 0.6 is 7.75 Å². The first kappa shape index (κ1) is 38.1. The molecule has 18 heteroatoms. The fraction of sp³-hybridized carbons (Fsp3) is 0.278. The molecule has 54 heavy (non-hydrogen) atoms. The number of alkyl halides is 2. The average Bonchev–Trinajstić information content (AvgIpc) is 3.67. The summed E-state index contributed by atoms with van der Waals surface area (Å²) in [7, 11) is -4.54. The molecular weight excluding hydrogens is 733 g/mol. The Hall–Kier alpha value is -5.61. The van der Waals surface area contributed by atoms with Crippen molar-refractivity contribution in [2.45, 2.75) is 50.0 Å². The lowest BCUT2D eigenvalue weighted by molar-refractivity contribution is -0.146. The predicted octanol–water partition coefficient (Wildman–Crippen LogP) is 5.71. The van der Waals surface area contributed by atoms with Crippen LogP contribution in [0.5, 0.6) is 5.75 Å². The molecule has 0 radical (unpaired) electrons. The number of anilines is 1. The van der Waals surface area contributed by atoms with Crippen molar-refractivity contribution in [3.8, 4) is 5.75 Å². The molecule has 3 heterocycles. The molecule has 1 aromatic heterocycles. The number of benzene rings is 3. The molecule has 6 rings (SSSR count). The lowest BCUT2D eigenvalue weighted by Gasteiger charge is -2.25. The number of carbonyl (C=O) groups is 2. The van der Waals surface area contributed by atoms with E-state index < -0.39 is 62.6 Å². The molecule has 0 spiro atoms. The van der Waals surface area contributed by atoms with Gasteiger partial charge in [0.2, 0.25) is 12.3 Å². The van der Waals surface area contributed by atoms with E-state index in [1.165, 1.54) is 18.2 Å². The van der Waals surface area contributed by atoms with E-state index in [1.54, 1.807) is 48.5 Å². The number of aromatic nitrogens is 2. The summed E-state index contributed by atoms with van der Waals surface area (Å²) in [4.78, 5) is 42.0. The van der Waals surface area contributed by atoms with Gasteiger partial charge >= 0.3 is 31.5 Å². The van der Waals surface area contributed by atoms with Crippen LogP contribution in [0, 0.1) is 0 Å². The minimum absolute atomic E-state index is 0.0345. The average molecular weight is 769 g/mol. The third-order valence-electron chi connectivity index (χ3n) is 8.01. The zero-order valence-corrected chi connectivity index (χ0v) is 29.3. The normalized spacial score (nSPS) is 21.3. The number of halogens is 2. The molecule has 0 amide bonds. The number of esters is 1. The number of cyclic esters (lactones) is 1. The molecule has 2 saturated heterocycles. The fourth-order valence-corrected chi connectivity index (χ4v) is 6.91. The molecule has 2 N–H and O–H groups in total. The van der Waals surface area contributed by atoms with Crippen LogP contribution in [-0.2, 0) is 50.8 Å². The van der Waals surface area contributed by atoms with Crippen molar-refractivity contribution in [2.24, 2.45) is 0 Å². The molecule has 284 valence electrons. The van der Waals surface area contributed by atoms with E-state index in [-0.39, 0.29) is 43.7 Å². The van der Waals surface area contributed by atoms with Gasteiger partial charge in [-0.15, -0.1) is 0 Å². The van der Waals surface area contributed by atoms with Crippen LogP contribution in [0.2, 0.25) is 0 Å². The van der Waals surface area contributed by atoms with Gasteiger partial charge in [-0.05, 0) is 35.9 Å². The first-order valence-corrected chi connectivity index (χ1v) is 18.1. The molecule has 3 aromatic carbocycles. The number of hydrogen-bond donors (Lipinski definition) is 2. The maximum atomic E-state index is 16.3. The largest absolute Gasteiger partial charge is 0.509 e. The Morgan fingerprint density at radius 3 is 2.19 bits per heavy atom. The summed E-state index contributed by atoms with van der Waals surface area (Å²) in [6.45, 7) is 2.69. The van der Waals surface area contributed by atoms with Crippen molar-refractivity contribution >= 4 is 25.7 Å². The highest BCUT2D eigenvalue weighted by molar-refractivity contribution is 7.52. The van der Waals surface area contributed by atoms with E-state index in [9.17, 15) is 18.9 Å². The molecule has 0 saturated carbocycles. The van der Waals surface area contributed by atoms with E-state index in [2.05, 4.69) is 22.0 Å². The van der Waals surface area contributed by atoms with Crippen LogP contribution in [-0.4, -0.2) is 59.1 Å². The van der Waals surface area contributed by atoms with E-state index in [0.717, 1.165) is 11.8 Å². The van der Waals surface area contributed by atoms with Crippen LogP contribution in [0.4, 0.5) is 19.4 Å². The van der Waals surface area contributed by atoms with Gasteiger partial charge in [0.05, 0.1) is 13.2 Å². The van der Waals surface area contributed by atoms with Gasteiger partial charge in [0.25, 0.3) is 0 Å². The first-order chi connectivity index (χ1) is 26.0. The smallest absolute Gasteiger partial charge is 0.475 e. The summed E-state index contributed by atoms with van der Waals surface area (Å²) in [5, 5.41) is 5.18.